The van der Waals surface area contributed by atoms with Crippen LogP contribution in [0.25, 0.3) is 10.9 Å². The third kappa shape index (κ3) is 3.65. The molecule has 3 nitrogen and oxygen atoms in total. The summed E-state index contributed by atoms with van der Waals surface area (Å²) in [5.74, 6) is 0. The highest BCUT2D eigenvalue weighted by Gasteiger charge is 2.25. The fourth-order valence-corrected chi connectivity index (χ4v) is 2.85. The molecule has 1 atom stereocenters. The second kappa shape index (κ2) is 7.08. The lowest BCUT2D eigenvalue weighted by atomic mass is 9.82. The van der Waals surface area contributed by atoms with E-state index in [9.17, 15) is 0 Å². The first-order chi connectivity index (χ1) is 10.1. The monoisotopic (exact) mass is 287 g/mol. The molecule has 0 amide bonds. The van der Waals surface area contributed by atoms with Gasteiger partial charge in [-0.15, -0.1) is 0 Å². The van der Waals surface area contributed by atoms with Crippen molar-refractivity contribution < 1.29 is 0 Å². The molecule has 1 N–H and O–H groups in total. The van der Waals surface area contributed by atoms with E-state index in [1.807, 2.05) is 0 Å². The van der Waals surface area contributed by atoms with E-state index in [1.165, 1.54) is 23.0 Å². The molecule has 2 aromatic rings. The average molecular weight is 287 g/mol. The van der Waals surface area contributed by atoms with Crippen LogP contribution in [0.1, 0.15) is 46.2 Å². The normalized spacial score (nSPS) is 14.5. The number of para-hydroxylation sites is 1. The molecule has 0 radical (unpaired) electrons. The first kappa shape index (κ1) is 16.0. The van der Waals surface area contributed by atoms with Crippen LogP contribution < -0.4 is 5.32 Å². The molecule has 116 valence electrons. The van der Waals surface area contributed by atoms with E-state index in [-0.39, 0.29) is 5.41 Å². The third-order valence-corrected chi connectivity index (χ3v) is 4.46. The average Bonchev–Trinajstić information content (AvgIpc) is 2.85. The zero-order valence-corrected chi connectivity index (χ0v) is 13.9. The van der Waals surface area contributed by atoms with Gasteiger partial charge in [-0.2, -0.15) is 5.10 Å². The van der Waals surface area contributed by atoms with Gasteiger partial charge in [-0.05, 0) is 44.2 Å². The summed E-state index contributed by atoms with van der Waals surface area (Å²) in [6, 6.07) is 8.60. The van der Waals surface area contributed by atoms with Gasteiger partial charge in [-0.3, -0.25) is 4.68 Å². The smallest absolute Gasteiger partial charge is 0.0709 e. The maximum atomic E-state index is 4.86. The molecule has 0 fully saturated rings. The van der Waals surface area contributed by atoms with Crippen LogP contribution in [0.4, 0.5) is 0 Å². The maximum Gasteiger partial charge on any atom is 0.0709 e. The van der Waals surface area contributed by atoms with Crippen LogP contribution in [0.5, 0.6) is 0 Å². The van der Waals surface area contributed by atoms with Crippen LogP contribution in [0, 0.1) is 5.41 Å². The second-order valence-corrected chi connectivity index (χ2v) is 6.30. The van der Waals surface area contributed by atoms with Gasteiger partial charge in [0.25, 0.3) is 0 Å². The van der Waals surface area contributed by atoms with Crippen LogP contribution in [-0.4, -0.2) is 22.9 Å². The minimum Gasteiger partial charge on any atom is -0.316 e. The highest BCUT2D eigenvalue weighted by atomic mass is 15.3. The first-order valence-corrected chi connectivity index (χ1v) is 8.28. The number of aryl methyl sites for hydroxylation is 1. The molecule has 1 aromatic heterocycles. The Kier molecular flexibility index (Phi) is 5.40. The number of hydrogen-bond donors (Lipinski definition) is 1. The van der Waals surface area contributed by atoms with E-state index < -0.39 is 0 Å². The van der Waals surface area contributed by atoms with Crippen molar-refractivity contribution in [2.75, 3.05) is 13.1 Å². The van der Waals surface area contributed by atoms with Gasteiger partial charge < -0.3 is 5.32 Å². The van der Waals surface area contributed by atoms with Crippen LogP contribution in [0.15, 0.2) is 24.3 Å². The molecule has 0 saturated carbocycles. The SMILES string of the molecule is CCCNCC(C)(CC)Cc1nn(CC)c2ccccc12. The van der Waals surface area contributed by atoms with Crippen LogP contribution in [-0.2, 0) is 13.0 Å². The highest BCUT2D eigenvalue weighted by molar-refractivity contribution is 5.82. The topological polar surface area (TPSA) is 29.9 Å². The van der Waals surface area contributed by atoms with Crippen LogP contribution in [0.3, 0.4) is 0 Å². The number of benzene rings is 1. The Hall–Kier alpha value is -1.35. The van der Waals surface area contributed by atoms with Crippen molar-refractivity contribution in [1.82, 2.24) is 15.1 Å². The zero-order chi connectivity index (χ0) is 15.3. The summed E-state index contributed by atoms with van der Waals surface area (Å²) in [7, 11) is 0. The van der Waals surface area contributed by atoms with E-state index in [0.717, 1.165) is 32.5 Å². The van der Waals surface area contributed by atoms with Crippen molar-refractivity contribution in [2.24, 2.45) is 5.41 Å². The molecule has 1 unspecified atom stereocenters. The minimum absolute atomic E-state index is 0.269. The molecular weight excluding hydrogens is 258 g/mol. The molecule has 21 heavy (non-hydrogen) atoms. The Morgan fingerprint density at radius 2 is 1.95 bits per heavy atom. The van der Waals surface area contributed by atoms with Crippen molar-refractivity contribution in [3.63, 3.8) is 0 Å². The molecule has 0 bridgehead atoms. The van der Waals surface area contributed by atoms with Gasteiger partial charge in [0.1, 0.15) is 0 Å². The number of rotatable bonds is 8. The summed E-state index contributed by atoms with van der Waals surface area (Å²) in [6.45, 7) is 12.1. The second-order valence-electron chi connectivity index (χ2n) is 6.30. The maximum absolute atomic E-state index is 4.86. The lowest BCUT2D eigenvalue weighted by Crippen LogP contribution is -2.33. The molecule has 1 aromatic carbocycles. The molecular formula is C18H29N3. The number of nitrogens with zero attached hydrogens (tertiary/aromatic N) is 2. The van der Waals surface area contributed by atoms with Crippen LogP contribution >= 0.6 is 0 Å². The van der Waals surface area contributed by atoms with E-state index >= 15 is 0 Å². The summed E-state index contributed by atoms with van der Waals surface area (Å²) in [5.41, 5.74) is 2.77. The van der Waals surface area contributed by atoms with E-state index in [2.05, 4.69) is 62.0 Å². The van der Waals surface area contributed by atoms with Gasteiger partial charge in [0.15, 0.2) is 0 Å². The van der Waals surface area contributed by atoms with Crippen molar-refractivity contribution in [3.05, 3.63) is 30.0 Å². The Bertz CT molecular complexity index is 573. The summed E-state index contributed by atoms with van der Waals surface area (Å²) < 4.78 is 2.13. The Morgan fingerprint density at radius 3 is 2.62 bits per heavy atom. The first-order valence-electron chi connectivity index (χ1n) is 8.28. The van der Waals surface area contributed by atoms with Gasteiger partial charge in [0.05, 0.1) is 11.2 Å². The molecule has 0 aliphatic heterocycles. The van der Waals surface area contributed by atoms with E-state index in [0.29, 0.717) is 0 Å². The molecule has 0 aliphatic rings. The fourth-order valence-electron chi connectivity index (χ4n) is 2.85. The van der Waals surface area contributed by atoms with Crippen LogP contribution in [0.2, 0.25) is 0 Å². The molecule has 0 spiro atoms. The molecule has 2 rings (SSSR count). The number of fused-ring (bicyclic) bond motifs is 1. The summed E-state index contributed by atoms with van der Waals surface area (Å²) in [6.07, 6.45) is 3.39. The van der Waals surface area contributed by atoms with Gasteiger partial charge in [-0.25, -0.2) is 0 Å². The predicted molar refractivity (Wildman–Crippen MR) is 90.7 cm³/mol. The number of aromatic nitrogens is 2. The summed E-state index contributed by atoms with van der Waals surface area (Å²) in [5, 5.41) is 9.75. The lowest BCUT2D eigenvalue weighted by Gasteiger charge is -2.28. The van der Waals surface area contributed by atoms with Gasteiger partial charge in [0.2, 0.25) is 0 Å². The molecule has 3 heteroatoms. The van der Waals surface area contributed by atoms with Gasteiger partial charge >= 0.3 is 0 Å². The molecule has 0 aliphatic carbocycles. The third-order valence-electron chi connectivity index (χ3n) is 4.46. The van der Waals surface area contributed by atoms with Gasteiger partial charge in [-0.1, -0.05) is 39.0 Å². The summed E-state index contributed by atoms with van der Waals surface area (Å²) >= 11 is 0. The summed E-state index contributed by atoms with van der Waals surface area (Å²) in [4.78, 5) is 0. The zero-order valence-electron chi connectivity index (χ0n) is 13.9. The lowest BCUT2D eigenvalue weighted by molar-refractivity contribution is 0.288. The Labute approximate surface area is 128 Å². The Morgan fingerprint density at radius 1 is 1.19 bits per heavy atom. The predicted octanol–water partition coefficient (Wildman–Crippen LogP) is 4.01. The van der Waals surface area contributed by atoms with Gasteiger partial charge in [0, 0.05) is 18.5 Å². The quantitative estimate of drug-likeness (QED) is 0.743. The Balaban J connectivity index is 2.25. The van der Waals surface area contributed by atoms with Crippen molar-refractivity contribution in [2.45, 2.75) is 53.5 Å². The van der Waals surface area contributed by atoms with Crippen molar-refractivity contribution >= 4 is 10.9 Å². The number of nitrogens with one attached hydrogen (secondary N) is 1. The van der Waals surface area contributed by atoms with Crippen molar-refractivity contribution in [1.29, 1.82) is 0 Å². The number of hydrogen-bond acceptors (Lipinski definition) is 2. The fraction of sp³-hybridized carbons (Fsp3) is 0.611. The molecule has 0 saturated heterocycles. The molecule has 1 heterocycles. The highest BCUT2D eigenvalue weighted by Crippen LogP contribution is 2.29. The van der Waals surface area contributed by atoms with E-state index in [1.54, 1.807) is 0 Å². The standard InChI is InChI=1S/C18H29N3/c1-5-12-19-14-18(4,6-2)13-16-15-10-8-9-11-17(15)21(7-3)20-16/h8-11,19H,5-7,12-14H2,1-4H3. The minimum atomic E-state index is 0.269. The van der Waals surface area contributed by atoms with Crippen molar-refractivity contribution in [3.8, 4) is 0 Å². The van der Waals surface area contributed by atoms with E-state index in [4.69, 9.17) is 5.10 Å². The largest absolute Gasteiger partial charge is 0.316 e.